The summed E-state index contributed by atoms with van der Waals surface area (Å²) in [4.78, 5) is 25.2. The Morgan fingerprint density at radius 2 is 0.804 bits per heavy atom. The van der Waals surface area contributed by atoms with Crippen LogP contribution >= 0.6 is 0 Å². The summed E-state index contributed by atoms with van der Waals surface area (Å²) in [6.45, 7) is 7.64. The van der Waals surface area contributed by atoms with E-state index in [1.807, 2.05) is 0 Å². The molecule has 0 amide bonds. The minimum Gasteiger partial charge on any atom is -0.462 e. The second kappa shape index (κ2) is 47.0. The van der Waals surface area contributed by atoms with Crippen LogP contribution < -0.4 is 0 Å². The minimum atomic E-state index is -0.549. The number of hydrogen-bond donors (Lipinski definition) is 0. The largest absolute Gasteiger partial charge is 0.462 e. The monoisotopic (exact) mass is 783 g/mol. The Balaban J connectivity index is 4.18. The van der Waals surface area contributed by atoms with Crippen LogP contribution in [0.25, 0.3) is 0 Å². The molecule has 0 aromatic rings. The number of allylic oxidation sites excluding steroid dienone is 10. The average Bonchev–Trinajstić information content (AvgIpc) is 3.20. The van der Waals surface area contributed by atoms with Gasteiger partial charge >= 0.3 is 11.9 Å². The second-order valence-electron chi connectivity index (χ2n) is 15.6. The number of carbonyl (C=O) groups is 2. The maximum Gasteiger partial charge on any atom is 0.306 e. The van der Waals surface area contributed by atoms with E-state index in [0.29, 0.717) is 19.4 Å². The van der Waals surface area contributed by atoms with Crippen LogP contribution in [0.1, 0.15) is 226 Å². The van der Waals surface area contributed by atoms with Crippen molar-refractivity contribution in [2.45, 2.75) is 232 Å². The van der Waals surface area contributed by atoms with E-state index in [1.54, 1.807) is 0 Å². The van der Waals surface area contributed by atoms with Crippen molar-refractivity contribution in [2.75, 3.05) is 19.8 Å². The number of carbonyl (C=O) groups excluding carboxylic acids is 2. The van der Waals surface area contributed by atoms with E-state index in [4.69, 9.17) is 14.2 Å². The summed E-state index contributed by atoms with van der Waals surface area (Å²) in [5.41, 5.74) is 0. The first kappa shape index (κ1) is 53.6. The van der Waals surface area contributed by atoms with E-state index >= 15 is 0 Å². The van der Waals surface area contributed by atoms with Gasteiger partial charge in [-0.1, -0.05) is 191 Å². The molecule has 0 spiro atoms. The lowest BCUT2D eigenvalue weighted by molar-refractivity contribution is -0.163. The molecule has 5 heteroatoms. The SMILES string of the molecule is CC/C=C\C/C=C\C/C=C\CCCCCC(=O)OC(COCCCCCCCCCC)COC(=O)CCCCCCCCCCC/C=C\C/C=C\CCCCC. The van der Waals surface area contributed by atoms with Crippen LogP contribution in [0, 0.1) is 0 Å². The van der Waals surface area contributed by atoms with Crippen LogP contribution in [0.4, 0.5) is 0 Å². The average molecular weight is 783 g/mol. The van der Waals surface area contributed by atoms with Crippen molar-refractivity contribution in [2.24, 2.45) is 0 Å². The van der Waals surface area contributed by atoms with Gasteiger partial charge in [-0.15, -0.1) is 0 Å². The summed E-state index contributed by atoms with van der Waals surface area (Å²) in [6, 6.07) is 0. The molecule has 0 fully saturated rings. The highest BCUT2D eigenvalue weighted by atomic mass is 16.6. The predicted octanol–water partition coefficient (Wildman–Crippen LogP) is 15.8. The fourth-order valence-corrected chi connectivity index (χ4v) is 6.49. The Hall–Kier alpha value is -2.40. The van der Waals surface area contributed by atoms with Crippen molar-refractivity contribution in [1.82, 2.24) is 0 Å². The number of hydrogen-bond acceptors (Lipinski definition) is 5. The highest BCUT2D eigenvalue weighted by molar-refractivity contribution is 5.70. The minimum absolute atomic E-state index is 0.0715. The molecule has 0 bridgehead atoms. The Kier molecular flexibility index (Phi) is 45.0. The molecule has 0 N–H and O–H groups in total. The van der Waals surface area contributed by atoms with Gasteiger partial charge in [0.2, 0.25) is 0 Å². The topological polar surface area (TPSA) is 61.8 Å². The third kappa shape index (κ3) is 44.3. The van der Waals surface area contributed by atoms with Crippen LogP contribution in [-0.2, 0) is 23.8 Å². The molecule has 324 valence electrons. The van der Waals surface area contributed by atoms with E-state index in [-0.39, 0.29) is 25.2 Å². The highest BCUT2D eigenvalue weighted by Crippen LogP contribution is 2.14. The predicted molar refractivity (Wildman–Crippen MR) is 242 cm³/mol. The summed E-state index contributed by atoms with van der Waals surface area (Å²) in [5.74, 6) is -0.434. The first-order valence-corrected chi connectivity index (χ1v) is 23.8. The van der Waals surface area contributed by atoms with Crippen molar-refractivity contribution in [3.05, 3.63) is 60.8 Å². The van der Waals surface area contributed by atoms with Gasteiger partial charge < -0.3 is 14.2 Å². The second-order valence-corrected chi connectivity index (χ2v) is 15.6. The lowest BCUT2D eigenvalue weighted by Gasteiger charge is -2.18. The van der Waals surface area contributed by atoms with Crippen LogP contribution in [-0.4, -0.2) is 37.9 Å². The molecule has 0 aromatic heterocycles. The summed E-state index contributed by atoms with van der Waals surface area (Å²) in [5, 5.41) is 0. The zero-order chi connectivity index (χ0) is 40.7. The van der Waals surface area contributed by atoms with Crippen molar-refractivity contribution < 1.29 is 23.8 Å². The van der Waals surface area contributed by atoms with Gasteiger partial charge in [-0.05, 0) is 83.5 Å². The zero-order valence-electron chi connectivity index (χ0n) is 37.1. The highest BCUT2D eigenvalue weighted by Gasteiger charge is 2.17. The normalized spacial score (nSPS) is 12.7. The Bertz CT molecular complexity index is 977. The lowest BCUT2D eigenvalue weighted by Crippen LogP contribution is -2.30. The van der Waals surface area contributed by atoms with Gasteiger partial charge in [0, 0.05) is 19.4 Å². The molecule has 1 unspecified atom stereocenters. The van der Waals surface area contributed by atoms with Crippen LogP contribution in [0.15, 0.2) is 60.8 Å². The van der Waals surface area contributed by atoms with Gasteiger partial charge in [-0.2, -0.15) is 0 Å². The van der Waals surface area contributed by atoms with Crippen molar-refractivity contribution in [3.63, 3.8) is 0 Å². The van der Waals surface area contributed by atoms with Gasteiger partial charge in [0.05, 0.1) is 6.61 Å². The fourth-order valence-electron chi connectivity index (χ4n) is 6.49. The third-order valence-electron chi connectivity index (χ3n) is 10.0. The molecule has 5 nitrogen and oxygen atoms in total. The maximum absolute atomic E-state index is 12.7. The molecular weight excluding hydrogens is 693 g/mol. The Morgan fingerprint density at radius 1 is 0.411 bits per heavy atom. The van der Waals surface area contributed by atoms with E-state index in [1.165, 1.54) is 116 Å². The van der Waals surface area contributed by atoms with E-state index < -0.39 is 6.10 Å². The third-order valence-corrected chi connectivity index (χ3v) is 10.0. The van der Waals surface area contributed by atoms with Gasteiger partial charge in [0.15, 0.2) is 6.10 Å². The molecule has 0 saturated carbocycles. The Morgan fingerprint density at radius 3 is 1.34 bits per heavy atom. The summed E-state index contributed by atoms with van der Waals surface area (Å²) in [7, 11) is 0. The van der Waals surface area contributed by atoms with Gasteiger partial charge in [-0.25, -0.2) is 0 Å². The van der Waals surface area contributed by atoms with E-state index in [2.05, 4.69) is 81.5 Å². The summed E-state index contributed by atoms with van der Waals surface area (Å²) < 4.78 is 17.3. The first-order chi connectivity index (χ1) is 27.6. The molecule has 1 atom stereocenters. The molecule has 0 saturated heterocycles. The van der Waals surface area contributed by atoms with Crippen LogP contribution in [0.2, 0.25) is 0 Å². The van der Waals surface area contributed by atoms with E-state index in [9.17, 15) is 9.59 Å². The molecule has 0 radical (unpaired) electrons. The standard InChI is InChI=1S/C51H90O5/c1-4-7-10-13-16-19-21-23-24-25-26-27-28-30-31-33-35-38-41-44-50(52)55-48-49(47-54-46-43-40-37-18-15-12-9-6-3)56-51(53)45-42-39-36-34-32-29-22-20-17-14-11-8-5-2/h8,11,16-17,19-20,23-24,29,32,49H,4-7,9-10,12-15,18,21-22,25-28,30-31,33-48H2,1-3H3/b11-8-,19-16-,20-17-,24-23-,32-29-. The van der Waals surface area contributed by atoms with Crippen LogP contribution in [0.5, 0.6) is 0 Å². The molecule has 0 aromatic carbocycles. The lowest BCUT2D eigenvalue weighted by atomic mass is 10.1. The molecule has 56 heavy (non-hydrogen) atoms. The zero-order valence-corrected chi connectivity index (χ0v) is 37.1. The smallest absolute Gasteiger partial charge is 0.306 e. The number of ether oxygens (including phenoxy) is 3. The fraction of sp³-hybridized carbons (Fsp3) is 0.765. The summed E-state index contributed by atoms with van der Waals surface area (Å²) in [6.07, 6.45) is 58.0. The molecule has 0 aliphatic rings. The van der Waals surface area contributed by atoms with Crippen LogP contribution in [0.3, 0.4) is 0 Å². The molecule has 0 heterocycles. The molecule has 0 aliphatic heterocycles. The molecule has 0 rings (SSSR count). The van der Waals surface area contributed by atoms with E-state index in [0.717, 1.165) is 77.0 Å². The van der Waals surface area contributed by atoms with Crippen molar-refractivity contribution in [1.29, 1.82) is 0 Å². The number of rotatable bonds is 43. The van der Waals surface area contributed by atoms with Gasteiger partial charge in [0.1, 0.15) is 6.61 Å². The van der Waals surface area contributed by atoms with Crippen molar-refractivity contribution in [3.8, 4) is 0 Å². The molecule has 0 aliphatic carbocycles. The number of esters is 2. The Labute approximate surface area is 347 Å². The van der Waals surface area contributed by atoms with Crippen molar-refractivity contribution >= 4 is 11.9 Å². The molecular formula is C51H90O5. The first-order valence-electron chi connectivity index (χ1n) is 23.8. The summed E-state index contributed by atoms with van der Waals surface area (Å²) >= 11 is 0. The van der Waals surface area contributed by atoms with Gasteiger partial charge in [-0.3, -0.25) is 9.59 Å². The quantitative estimate of drug-likeness (QED) is 0.0350. The maximum atomic E-state index is 12.7. The number of unbranched alkanes of at least 4 members (excludes halogenated alkanes) is 22. The van der Waals surface area contributed by atoms with Gasteiger partial charge in [0.25, 0.3) is 0 Å².